The second-order valence-electron chi connectivity index (χ2n) is 8.93. The highest BCUT2D eigenvalue weighted by Gasteiger charge is 2.21. The molecule has 0 spiro atoms. The highest BCUT2D eigenvalue weighted by atomic mass is 16.6. The van der Waals surface area contributed by atoms with Gasteiger partial charge in [-0.1, -0.05) is 42.5 Å². The Morgan fingerprint density at radius 1 is 1.03 bits per heavy atom. The summed E-state index contributed by atoms with van der Waals surface area (Å²) in [7, 11) is 0. The van der Waals surface area contributed by atoms with Crippen molar-refractivity contribution in [3.63, 3.8) is 0 Å². The molecule has 0 atom stereocenters. The van der Waals surface area contributed by atoms with E-state index in [9.17, 15) is 9.59 Å². The van der Waals surface area contributed by atoms with Gasteiger partial charge in [0.25, 0.3) is 0 Å². The topological polar surface area (TPSA) is 67.9 Å². The van der Waals surface area contributed by atoms with Crippen LogP contribution in [0.3, 0.4) is 0 Å². The fraction of sp³-hybridized carbons (Fsp3) is 0.385. The summed E-state index contributed by atoms with van der Waals surface area (Å²) in [5.41, 5.74) is 2.55. The maximum Gasteiger partial charge on any atom is 0.407 e. The monoisotopic (exact) mass is 436 g/mol. The smallest absolute Gasteiger partial charge is 0.407 e. The molecule has 2 aromatic rings. The highest BCUT2D eigenvalue weighted by Crippen LogP contribution is 2.21. The Morgan fingerprint density at radius 2 is 1.69 bits per heavy atom. The Morgan fingerprint density at radius 3 is 2.31 bits per heavy atom. The maximum atomic E-state index is 12.1. The normalized spacial score (nSPS) is 14.9. The first-order valence-corrected chi connectivity index (χ1v) is 11.0. The summed E-state index contributed by atoms with van der Waals surface area (Å²) < 4.78 is 10.6. The molecule has 1 saturated heterocycles. The number of carbonyl (C=O) groups excluding carboxylic acids is 2. The maximum absolute atomic E-state index is 12.1. The Kier molecular flexibility index (Phi) is 7.92. The molecule has 3 rings (SSSR count). The number of carbonyl (C=O) groups is 2. The van der Waals surface area contributed by atoms with E-state index in [1.165, 1.54) is 6.08 Å². The zero-order valence-corrected chi connectivity index (χ0v) is 19.0. The first-order valence-electron chi connectivity index (χ1n) is 11.0. The van der Waals surface area contributed by atoms with Crippen LogP contribution < -0.4 is 10.2 Å². The molecule has 1 N–H and O–H groups in total. The van der Waals surface area contributed by atoms with Gasteiger partial charge in [-0.3, -0.25) is 0 Å². The number of esters is 1. The van der Waals surface area contributed by atoms with E-state index < -0.39 is 5.60 Å². The number of ether oxygens (including phenoxy) is 2. The van der Waals surface area contributed by atoms with Crippen LogP contribution in [0, 0.1) is 0 Å². The molecule has 6 heteroatoms. The number of benzene rings is 2. The zero-order valence-electron chi connectivity index (χ0n) is 19.0. The molecule has 0 aliphatic carbocycles. The van der Waals surface area contributed by atoms with Crippen LogP contribution in [0.2, 0.25) is 0 Å². The molecule has 2 aromatic carbocycles. The minimum absolute atomic E-state index is 0.116. The summed E-state index contributed by atoms with van der Waals surface area (Å²) in [5, 5.41) is 2.97. The number of alkyl carbamates (subject to hydrolysis) is 1. The van der Waals surface area contributed by atoms with Crippen molar-refractivity contribution < 1.29 is 19.1 Å². The Balaban J connectivity index is 1.42. The van der Waals surface area contributed by atoms with Gasteiger partial charge in [-0.15, -0.1) is 0 Å². The second-order valence-corrected chi connectivity index (χ2v) is 8.93. The van der Waals surface area contributed by atoms with Crippen molar-refractivity contribution in [2.45, 2.75) is 51.9 Å². The van der Waals surface area contributed by atoms with Crippen molar-refractivity contribution in [1.82, 2.24) is 5.32 Å². The fourth-order valence-electron chi connectivity index (χ4n) is 3.51. The molecule has 1 amide bonds. The van der Waals surface area contributed by atoms with Crippen molar-refractivity contribution in [2.24, 2.45) is 0 Å². The second kappa shape index (κ2) is 10.8. The lowest BCUT2D eigenvalue weighted by atomic mass is 10.0. The van der Waals surface area contributed by atoms with Crippen LogP contribution in [0.25, 0.3) is 6.08 Å². The van der Waals surface area contributed by atoms with Crippen LogP contribution in [-0.2, 0) is 20.9 Å². The van der Waals surface area contributed by atoms with Gasteiger partial charge in [0.2, 0.25) is 0 Å². The Labute approximate surface area is 190 Å². The van der Waals surface area contributed by atoms with Gasteiger partial charge in [0, 0.05) is 30.9 Å². The van der Waals surface area contributed by atoms with E-state index in [2.05, 4.69) is 22.3 Å². The van der Waals surface area contributed by atoms with E-state index >= 15 is 0 Å². The summed E-state index contributed by atoms with van der Waals surface area (Å²) in [6, 6.07) is 17.9. The summed E-state index contributed by atoms with van der Waals surface area (Å²) in [6.45, 7) is 7.54. The van der Waals surface area contributed by atoms with Crippen molar-refractivity contribution >= 4 is 23.8 Å². The summed E-state index contributed by atoms with van der Waals surface area (Å²) >= 11 is 0. The van der Waals surface area contributed by atoms with E-state index in [-0.39, 0.29) is 24.7 Å². The van der Waals surface area contributed by atoms with Crippen molar-refractivity contribution in [3.8, 4) is 0 Å². The summed E-state index contributed by atoms with van der Waals surface area (Å²) in [6.07, 6.45) is 4.57. The zero-order chi connectivity index (χ0) is 23.0. The predicted octanol–water partition coefficient (Wildman–Crippen LogP) is 4.94. The Bertz CT molecular complexity index is 909. The molecule has 6 nitrogen and oxygen atoms in total. The largest absolute Gasteiger partial charge is 0.457 e. The van der Waals surface area contributed by atoms with Gasteiger partial charge < -0.3 is 19.7 Å². The van der Waals surface area contributed by atoms with E-state index in [4.69, 9.17) is 9.47 Å². The molecule has 0 unspecified atom stereocenters. The third-order valence-electron chi connectivity index (χ3n) is 5.11. The first-order chi connectivity index (χ1) is 15.3. The van der Waals surface area contributed by atoms with Gasteiger partial charge in [0.05, 0.1) is 0 Å². The number of nitrogens with zero attached hydrogens (tertiary/aromatic N) is 1. The first kappa shape index (κ1) is 23.4. The lowest BCUT2D eigenvalue weighted by Gasteiger charge is -2.33. The molecule has 1 heterocycles. The summed E-state index contributed by atoms with van der Waals surface area (Å²) in [4.78, 5) is 26.2. The van der Waals surface area contributed by atoms with E-state index in [0.29, 0.717) is 0 Å². The fourth-order valence-corrected chi connectivity index (χ4v) is 3.51. The number of hydrogen-bond acceptors (Lipinski definition) is 5. The molecule has 0 saturated carbocycles. The molecule has 32 heavy (non-hydrogen) atoms. The van der Waals surface area contributed by atoms with Gasteiger partial charge in [-0.05, 0) is 62.9 Å². The van der Waals surface area contributed by atoms with E-state index in [0.717, 1.165) is 42.7 Å². The third-order valence-corrected chi connectivity index (χ3v) is 5.11. The molecule has 0 radical (unpaired) electrons. The van der Waals surface area contributed by atoms with Crippen LogP contribution in [-0.4, -0.2) is 36.8 Å². The van der Waals surface area contributed by atoms with Crippen molar-refractivity contribution in [1.29, 1.82) is 0 Å². The highest BCUT2D eigenvalue weighted by molar-refractivity contribution is 5.87. The van der Waals surface area contributed by atoms with Crippen LogP contribution in [0.4, 0.5) is 10.5 Å². The van der Waals surface area contributed by atoms with Crippen LogP contribution >= 0.6 is 0 Å². The van der Waals surface area contributed by atoms with Crippen molar-refractivity contribution in [2.75, 3.05) is 18.0 Å². The van der Waals surface area contributed by atoms with Crippen LogP contribution in [0.5, 0.6) is 0 Å². The number of hydrogen-bond donors (Lipinski definition) is 1. The van der Waals surface area contributed by atoms with Gasteiger partial charge >= 0.3 is 12.1 Å². The van der Waals surface area contributed by atoms with Gasteiger partial charge in [0.15, 0.2) is 0 Å². The molecular formula is C26H32N2O4. The minimum atomic E-state index is -0.495. The molecule has 0 bridgehead atoms. The summed E-state index contributed by atoms with van der Waals surface area (Å²) in [5.74, 6) is -0.349. The predicted molar refractivity (Wildman–Crippen MR) is 126 cm³/mol. The molecule has 170 valence electrons. The van der Waals surface area contributed by atoms with Gasteiger partial charge in [0.1, 0.15) is 12.2 Å². The lowest BCUT2D eigenvalue weighted by Crippen LogP contribution is -2.44. The number of rotatable bonds is 6. The minimum Gasteiger partial charge on any atom is -0.457 e. The average molecular weight is 437 g/mol. The molecular weight excluding hydrogens is 404 g/mol. The SMILES string of the molecule is CC(C)(C)OC(=O)/C=C/c1ccc(N2CCC(NC(=O)OCc3ccccc3)CC2)cc1. The van der Waals surface area contributed by atoms with E-state index in [1.807, 2.05) is 63.2 Å². The number of anilines is 1. The molecule has 1 aliphatic rings. The van der Waals surface area contributed by atoms with Gasteiger partial charge in [-0.2, -0.15) is 0 Å². The quantitative estimate of drug-likeness (QED) is 0.513. The molecule has 0 aromatic heterocycles. The Hall–Kier alpha value is -3.28. The number of piperidine rings is 1. The third kappa shape index (κ3) is 7.76. The standard InChI is InChI=1S/C26H32N2O4/c1-26(2,3)32-24(29)14-11-20-9-12-23(13-10-20)28-17-15-22(16-18-28)27-25(30)31-19-21-7-5-4-6-8-21/h4-14,22H,15-19H2,1-3H3,(H,27,30)/b14-11+. The van der Waals surface area contributed by atoms with Crippen LogP contribution in [0.15, 0.2) is 60.7 Å². The van der Waals surface area contributed by atoms with Gasteiger partial charge in [-0.25, -0.2) is 9.59 Å². The van der Waals surface area contributed by atoms with Crippen molar-refractivity contribution in [3.05, 3.63) is 71.8 Å². The van der Waals surface area contributed by atoms with Crippen LogP contribution in [0.1, 0.15) is 44.7 Å². The lowest BCUT2D eigenvalue weighted by molar-refractivity contribution is -0.148. The number of nitrogens with one attached hydrogen (secondary N) is 1. The molecule has 1 aliphatic heterocycles. The molecule has 1 fully saturated rings. The van der Waals surface area contributed by atoms with E-state index in [1.54, 1.807) is 6.08 Å². The number of amides is 1. The average Bonchev–Trinajstić information content (AvgIpc) is 2.77.